The fourth-order valence-corrected chi connectivity index (χ4v) is 2.11. The zero-order valence-electron chi connectivity index (χ0n) is 11.1. The molecule has 0 unspecified atom stereocenters. The van der Waals surface area contributed by atoms with Crippen LogP contribution in [0.25, 0.3) is 0 Å². The van der Waals surface area contributed by atoms with E-state index in [1.54, 1.807) is 12.1 Å². The van der Waals surface area contributed by atoms with E-state index < -0.39 is 0 Å². The summed E-state index contributed by atoms with van der Waals surface area (Å²) < 4.78 is 13.1. The molecule has 2 aromatic carbocycles. The molecular weight excluding hydrogens is 239 g/mol. The Kier molecular flexibility index (Phi) is 4.39. The highest BCUT2D eigenvalue weighted by atomic mass is 19.1. The van der Waals surface area contributed by atoms with Gasteiger partial charge in [-0.25, -0.2) is 4.39 Å². The topological polar surface area (TPSA) is 29.3 Å². The van der Waals surface area contributed by atoms with Crippen molar-refractivity contribution in [3.8, 4) is 0 Å². The molecule has 0 bridgehead atoms. The highest BCUT2D eigenvalue weighted by molar-refractivity contribution is 5.45. The van der Waals surface area contributed by atoms with Gasteiger partial charge in [-0.05, 0) is 48.7 Å². The Labute approximate surface area is 113 Å². The molecule has 2 aromatic rings. The van der Waals surface area contributed by atoms with E-state index in [0.29, 0.717) is 0 Å². The van der Waals surface area contributed by atoms with Crippen LogP contribution in [0.5, 0.6) is 0 Å². The first kappa shape index (κ1) is 13.4. The van der Waals surface area contributed by atoms with Crippen LogP contribution in [0.15, 0.2) is 48.5 Å². The molecule has 2 nitrogen and oxygen atoms in total. The first-order chi connectivity index (χ1) is 9.15. The molecule has 2 rings (SSSR count). The molecule has 0 aliphatic heterocycles. The average molecular weight is 258 g/mol. The standard InChI is InChI=1S/C16H19FN2/c1-19(16-9-3-7-14(17)12-16)10-4-6-13-5-2-8-15(18)11-13/h2-3,5,7-9,11-12H,4,6,10,18H2,1H3. The maximum Gasteiger partial charge on any atom is 0.125 e. The van der Waals surface area contributed by atoms with Crippen LogP contribution < -0.4 is 10.6 Å². The van der Waals surface area contributed by atoms with Gasteiger partial charge in [-0.1, -0.05) is 18.2 Å². The second-order valence-corrected chi connectivity index (χ2v) is 4.75. The minimum Gasteiger partial charge on any atom is -0.399 e. The van der Waals surface area contributed by atoms with Crippen LogP contribution in [-0.2, 0) is 6.42 Å². The molecule has 0 radical (unpaired) electrons. The van der Waals surface area contributed by atoms with Crippen LogP contribution in [0.2, 0.25) is 0 Å². The van der Waals surface area contributed by atoms with Crippen LogP contribution in [0.1, 0.15) is 12.0 Å². The van der Waals surface area contributed by atoms with Gasteiger partial charge in [0.25, 0.3) is 0 Å². The van der Waals surface area contributed by atoms with Crippen molar-refractivity contribution >= 4 is 11.4 Å². The molecule has 0 fully saturated rings. The van der Waals surface area contributed by atoms with E-state index in [1.807, 2.05) is 31.3 Å². The summed E-state index contributed by atoms with van der Waals surface area (Å²) in [5.74, 6) is -0.194. The van der Waals surface area contributed by atoms with Crippen LogP contribution in [0.4, 0.5) is 15.8 Å². The van der Waals surface area contributed by atoms with Crippen LogP contribution >= 0.6 is 0 Å². The molecule has 100 valence electrons. The van der Waals surface area contributed by atoms with Crippen LogP contribution in [-0.4, -0.2) is 13.6 Å². The second kappa shape index (κ2) is 6.23. The Morgan fingerprint density at radius 3 is 2.63 bits per heavy atom. The largest absolute Gasteiger partial charge is 0.399 e. The summed E-state index contributed by atoms with van der Waals surface area (Å²) in [4.78, 5) is 2.06. The summed E-state index contributed by atoms with van der Waals surface area (Å²) in [7, 11) is 1.98. The number of rotatable bonds is 5. The summed E-state index contributed by atoms with van der Waals surface area (Å²) in [6.45, 7) is 0.887. The van der Waals surface area contributed by atoms with Gasteiger partial charge >= 0.3 is 0 Å². The number of nitrogen functional groups attached to an aromatic ring is 1. The summed E-state index contributed by atoms with van der Waals surface area (Å²) in [5.41, 5.74) is 8.70. The van der Waals surface area contributed by atoms with Gasteiger partial charge in [-0.2, -0.15) is 0 Å². The van der Waals surface area contributed by atoms with E-state index in [9.17, 15) is 4.39 Å². The van der Waals surface area contributed by atoms with Gasteiger partial charge in [0.15, 0.2) is 0 Å². The quantitative estimate of drug-likeness (QED) is 0.832. The maximum atomic E-state index is 13.1. The molecule has 0 aliphatic carbocycles. The van der Waals surface area contributed by atoms with Crippen molar-refractivity contribution in [2.24, 2.45) is 0 Å². The summed E-state index contributed by atoms with van der Waals surface area (Å²) in [6, 6.07) is 14.6. The molecule has 0 amide bonds. The lowest BCUT2D eigenvalue weighted by Gasteiger charge is -2.19. The number of halogens is 1. The molecule has 19 heavy (non-hydrogen) atoms. The zero-order chi connectivity index (χ0) is 13.7. The molecule has 3 heteroatoms. The van der Waals surface area contributed by atoms with Crippen molar-refractivity contribution in [1.82, 2.24) is 0 Å². The number of anilines is 2. The molecule has 2 N–H and O–H groups in total. The van der Waals surface area contributed by atoms with E-state index in [-0.39, 0.29) is 5.82 Å². The first-order valence-electron chi connectivity index (χ1n) is 6.46. The third-order valence-electron chi connectivity index (χ3n) is 3.16. The van der Waals surface area contributed by atoms with E-state index in [0.717, 1.165) is 30.8 Å². The van der Waals surface area contributed by atoms with E-state index in [4.69, 9.17) is 5.73 Å². The van der Waals surface area contributed by atoms with Crippen molar-refractivity contribution in [2.45, 2.75) is 12.8 Å². The van der Waals surface area contributed by atoms with E-state index in [2.05, 4.69) is 11.0 Å². The Hall–Kier alpha value is -2.03. The van der Waals surface area contributed by atoms with Gasteiger partial charge < -0.3 is 10.6 Å². The number of nitrogens with zero attached hydrogens (tertiary/aromatic N) is 1. The molecular formula is C16H19FN2. The van der Waals surface area contributed by atoms with Crippen molar-refractivity contribution in [3.05, 3.63) is 59.9 Å². The highest BCUT2D eigenvalue weighted by Crippen LogP contribution is 2.15. The van der Waals surface area contributed by atoms with Gasteiger partial charge in [-0.3, -0.25) is 0 Å². The third-order valence-corrected chi connectivity index (χ3v) is 3.16. The molecule has 0 heterocycles. The van der Waals surface area contributed by atoms with Gasteiger partial charge in [0.05, 0.1) is 0 Å². The number of aryl methyl sites for hydroxylation is 1. The van der Waals surface area contributed by atoms with Gasteiger partial charge in [-0.15, -0.1) is 0 Å². The molecule has 0 spiro atoms. The third kappa shape index (κ3) is 3.98. The monoisotopic (exact) mass is 258 g/mol. The lowest BCUT2D eigenvalue weighted by Crippen LogP contribution is -2.19. The van der Waals surface area contributed by atoms with Crippen molar-refractivity contribution in [1.29, 1.82) is 0 Å². The maximum absolute atomic E-state index is 13.1. The molecule has 0 aromatic heterocycles. The van der Waals surface area contributed by atoms with Crippen LogP contribution in [0.3, 0.4) is 0 Å². The van der Waals surface area contributed by atoms with E-state index >= 15 is 0 Å². The summed E-state index contributed by atoms with van der Waals surface area (Å²) in [6.07, 6.45) is 1.99. The zero-order valence-corrected chi connectivity index (χ0v) is 11.1. The van der Waals surface area contributed by atoms with Crippen molar-refractivity contribution in [2.75, 3.05) is 24.2 Å². The Morgan fingerprint density at radius 2 is 1.89 bits per heavy atom. The Balaban J connectivity index is 1.85. The van der Waals surface area contributed by atoms with Crippen molar-refractivity contribution in [3.63, 3.8) is 0 Å². The molecule has 0 atom stereocenters. The van der Waals surface area contributed by atoms with E-state index in [1.165, 1.54) is 11.6 Å². The van der Waals surface area contributed by atoms with Crippen molar-refractivity contribution < 1.29 is 4.39 Å². The predicted octanol–water partition coefficient (Wildman–Crippen LogP) is 3.48. The lowest BCUT2D eigenvalue weighted by molar-refractivity contribution is 0.627. The number of nitrogens with two attached hydrogens (primary N) is 1. The number of benzene rings is 2. The molecule has 0 saturated heterocycles. The minimum absolute atomic E-state index is 0.194. The minimum atomic E-state index is -0.194. The molecule has 0 saturated carbocycles. The van der Waals surface area contributed by atoms with Gasteiger partial charge in [0, 0.05) is 25.0 Å². The SMILES string of the molecule is CN(CCCc1cccc(N)c1)c1cccc(F)c1. The van der Waals surface area contributed by atoms with Crippen LogP contribution in [0, 0.1) is 5.82 Å². The normalized spacial score (nSPS) is 10.4. The van der Waals surface area contributed by atoms with Gasteiger partial charge in [0.2, 0.25) is 0 Å². The summed E-state index contributed by atoms with van der Waals surface area (Å²) in [5, 5.41) is 0. The fraction of sp³-hybridized carbons (Fsp3) is 0.250. The average Bonchev–Trinajstić information content (AvgIpc) is 2.38. The Bertz CT molecular complexity index is 540. The van der Waals surface area contributed by atoms with Gasteiger partial charge in [0.1, 0.15) is 5.82 Å². The number of hydrogen-bond donors (Lipinski definition) is 1. The first-order valence-corrected chi connectivity index (χ1v) is 6.46. The summed E-state index contributed by atoms with van der Waals surface area (Å²) >= 11 is 0. The smallest absolute Gasteiger partial charge is 0.125 e. The predicted molar refractivity (Wildman–Crippen MR) is 78.8 cm³/mol. The molecule has 0 aliphatic rings. The second-order valence-electron chi connectivity index (χ2n) is 4.75. The lowest BCUT2D eigenvalue weighted by atomic mass is 10.1. The fourth-order valence-electron chi connectivity index (χ4n) is 2.11. The number of hydrogen-bond acceptors (Lipinski definition) is 2. The Morgan fingerprint density at radius 1 is 1.11 bits per heavy atom. The highest BCUT2D eigenvalue weighted by Gasteiger charge is 2.02.